The van der Waals surface area contributed by atoms with Crippen LogP contribution in [0.2, 0.25) is 18.1 Å². The van der Waals surface area contributed by atoms with E-state index in [-0.39, 0.29) is 11.1 Å². The summed E-state index contributed by atoms with van der Waals surface area (Å²) in [5.41, 5.74) is 3.54. The van der Waals surface area contributed by atoms with Gasteiger partial charge in [0.15, 0.2) is 0 Å². The third-order valence-corrected chi connectivity index (χ3v) is 9.52. The highest BCUT2D eigenvalue weighted by molar-refractivity contribution is 6.74. The predicted molar refractivity (Wildman–Crippen MR) is 112 cm³/mol. The van der Waals surface area contributed by atoms with Crippen LogP contribution in [-0.4, -0.2) is 12.9 Å². The van der Waals surface area contributed by atoms with Crippen LogP contribution in [0.15, 0.2) is 30.3 Å². The van der Waals surface area contributed by atoms with E-state index < -0.39 is 8.32 Å². The van der Waals surface area contributed by atoms with Gasteiger partial charge in [-0.2, -0.15) is 5.26 Å². The maximum atomic E-state index is 9.56. The van der Waals surface area contributed by atoms with Crippen LogP contribution in [0, 0.1) is 18.3 Å². The van der Waals surface area contributed by atoms with Crippen molar-refractivity contribution >= 4 is 19.7 Å². The molecule has 26 heavy (non-hydrogen) atoms. The SMILES string of the molecule is Cc1cc(Nc2ccc(O[Si](C)(C)C(C)(C)C)cc2)c(C#N)n1C(C)C. The van der Waals surface area contributed by atoms with Gasteiger partial charge in [-0.25, -0.2) is 0 Å². The Morgan fingerprint density at radius 3 is 2.19 bits per heavy atom. The van der Waals surface area contributed by atoms with Gasteiger partial charge < -0.3 is 14.3 Å². The van der Waals surface area contributed by atoms with Gasteiger partial charge in [0.25, 0.3) is 0 Å². The summed E-state index contributed by atoms with van der Waals surface area (Å²) in [4.78, 5) is 0. The molecule has 0 saturated heterocycles. The van der Waals surface area contributed by atoms with E-state index >= 15 is 0 Å². The average Bonchev–Trinajstić information content (AvgIpc) is 2.83. The van der Waals surface area contributed by atoms with Crippen molar-refractivity contribution in [1.82, 2.24) is 4.57 Å². The quantitative estimate of drug-likeness (QED) is 0.622. The smallest absolute Gasteiger partial charge is 0.250 e. The second-order valence-corrected chi connectivity index (χ2v) is 13.4. The summed E-state index contributed by atoms with van der Waals surface area (Å²) >= 11 is 0. The molecule has 0 saturated carbocycles. The summed E-state index contributed by atoms with van der Waals surface area (Å²) < 4.78 is 8.38. The van der Waals surface area contributed by atoms with Gasteiger partial charge in [-0.15, -0.1) is 0 Å². The van der Waals surface area contributed by atoms with Crippen LogP contribution in [0.4, 0.5) is 11.4 Å². The Morgan fingerprint density at radius 1 is 1.15 bits per heavy atom. The van der Waals surface area contributed by atoms with Crippen molar-refractivity contribution in [2.75, 3.05) is 5.32 Å². The van der Waals surface area contributed by atoms with Crippen molar-refractivity contribution in [3.63, 3.8) is 0 Å². The molecule has 0 aliphatic carbocycles. The number of nitriles is 1. The summed E-state index contributed by atoms with van der Waals surface area (Å²) in [5.74, 6) is 0.901. The van der Waals surface area contributed by atoms with Gasteiger partial charge in [0.1, 0.15) is 17.5 Å². The number of anilines is 2. The van der Waals surface area contributed by atoms with Crippen LogP contribution in [0.25, 0.3) is 0 Å². The Bertz CT molecular complexity index is 806. The Hall–Kier alpha value is -2.19. The molecule has 1 N–H and O–H groups in total. The second-order valence-electron chi connectivity index (χ2n) is 8.64. The fraction of sp³-hybridized carbons (Fsp3) is 0.476. The van der Waals surface area contributed by atoms with E-state index in [2.05, 4.69) is 63.7 Å². The molecule has 1 heterocycles. The molecule has 0 fully saturated rings. The van der Waals surface area contributed by atoms with Crippen molar-refractivity contribution < 1.29 is 4.43 Å². The molecule has 0 aliphatic rings. The van der Waals surface area contributed by atoms with E-state index in [9.17, 15) is 5.26 Å². The first-order valence-electron chi connectivity index (χ1n) is 9.14. The summed E-state index contributed by atoms with van der Waals surface area (Å²) in [6.45, 7) is 17.4. The lowest BCUT2D eigenvalue weighted by Gasteiger charge is -2.36. The van der Waals surface area contributed by atoms with Gasteiger partial charge in [-0.1, -0.05) is 20.8 Å². The molecule has 140 valence electrons. The molecule has 5 heteroatoms. The van der Waals surface area contributed by atoms with E-state index in [0.29, 0.717) is 5.69 Å². The Kier molecular flexibility index (Phi) is 5.57. The minimum atomic E-state index is -1.84. The third-order valence-electron chi connectivity index (χ3n) is 5.16. The van der Waals surface area contributed by atoms with Crippen LogP contribution >= 0.6 is 0 Å². The van der Waals surface area contributed by atoms with E-state index in [1.54, 1.807) is 0 Å². The fourth-order valence-electron chi connectivity index (χ4n) is 2.74. The van der Waals surface area contributed by atoms with Crippen LogP contribution in [-0.2, 0) is 0 Å². The summed E-state index contributed by atoms with van der Waals surface area (Å²) in [6.07, 6.45) is 0. The molecule has 0 atom stereocenters. The molecule has 2 aromatic rings. The van der Waals surface area contributed by atoms with Crippen LogP contribution < -0.4 is 9.74 Å². The molecule has 0 bridgehead atoms. The van der Waals surface area contributed by atoms with Crippen molar-refractivity contribution in [1.29, 1.82) is 5.26 Å². The molecule has 2 rings (SSSR count). The number of benzene rings is 1. The lowest BCUT2D eigenvalue weighted by molar-refractivity contribution is 0.492. The Labute approximate surface area is 158 Å². The number of hydrogen-bond donors (Lipinski definition) is 1. The number of nitrogens with zero attached hydrogens (tertiary/aromatic N) is 2. The number of aromatic nitrogens is 1. The van der Waals surface area contributed by atoms with Crippen molar-refractivity contribution in [2.24, 2.45) is 0 Å². The van der Waals surface area contributed by atoms with Crippen molar-refractivity contribution in [3.8, 4) is 11.8 Å². The maximum Gasteiger partial charge on any atom is 0.250 e. The zero-order chi connectivity index (χ0) is 19.7. The number of nitrogens with one attached hydrogen (secondary N) is 1. The minimum absolute atomic E-state index is 0.170. The topological polar surface area (TPSA) is 50.0 Å². The van der Waals surface area contributed by atoms with Crippen LogP contribution in [0.1, 0.15) is 52.0 Å². The molecule has 0 radical (unpaired) electrons. The first-order chi connectivity index (χ1) is 12.0. The molecule has 1 aromatic heterocycles. The fourth-order valence-corrected chi connectivity index (χ4v) is 3.77. The van der Waals surface area contributed by atoms with Crippen molar-refractivity contribution in [2.45, 2.75) is 65.7 Å². The molecule has 0 aliphatic heterocycles. The minimum Gasteiger partial charge on any atom is -0.544 e. The maximum absolute atomic E-state index is 9.56. The monoisotopic (exact) mass is 369 g/mol. The molecular weight excluding hydrogens is 338 g/mol. The van der Waals surface area contributed by atoms with Gasteiger partial charge in [0.05, 0.1) is 5.69 Å². The van der Waals surface area contributed by atoms with E-state index in [4.69, 9.17) is 4.43 Å². The standard InChI is InChI=1S/C21H31N3OSi/c1-15(2)24-16(3)13-19(20(24)14-22)23-17-9-11-18(12-10-17)25-26(7,8)21(4,5)6/h9-13,15,23H,1-8H3. The molecule has 1 aromatic carbocycles. The van der Waals surface area contributed by atoms with Gasteiger partial charge in [-0.3, -0.25) is 0 Å². The summed E-state index contributed by atoms with van der Waals surface area (Å²) in [5, 5.41) is 13.1. The Balaban J connectivity index is 2.21. The van der Waals surface area contributed by atoms with Crippen LogP contribution in [0.5, 0.6) is 5.75 Å². The molecule has 0 amide bonds. The largest absolute Gasteiger partial charge is 0.544 e. The van der Waals surface area contributed by atoms with Crippen LogP contribution in [0.3, 0.4) is 0 Å². The predicted octanol–water partition coefficient (Wildman–Crippen LogP) is 6.38. The first-order valence-corrected chi connectivity index (χ1v) is 12.0. The highest BCUT2D eigenvalue weighted by Crippen LogP contribution is 2.37. The normalized spacial score (nSPS) is 12.2. The second kappa shape index (κ2) is 7.20. The number of hydrogen-bond acceptors (Lipinski definition) is 3. The van der Waals surface area contributed by atoms with Gasteiger partial charge in [0.2, 0.25) is 8.32 Å². The first kappa shape index (κ1) is 20.1. The molecular formula is C21H31N3OSi. The molecule has 4 nitrogen and oxygen atoms in total. The Morgan fingerprint density at radius 2 is 1.73 bits per heavy atom. The summed E-state index contributed by atoms with van der Waals surface area (Å²) in [6, 6.07) is 12.6. The lowest BCUT2D eigenvalue weighted by atomic mass is 10.2. The highest BCUT2D eigenvalue weighted by atomic mass is 28.4. The number of aryl methyl sites for hydroxylation is 1. The average molecular weight is 370 g/mol. The highest BCUT2D eigenvalue weighted by Gasteiger charge is 2.38. The lowest BCUT2D eigenvalue weighted by Crippen LogP contribution is -2.43. The van der Waals surface area contributed by atoms with Crippen molar-refractivity contribution in [3.05, 3.63) is 41.7 Å². The third kappa shape index (κ3) is 4.13. The number of rotatable bonds is 5. The van der Waals surface area contributed by atoms with E-state index in [0.717, 1.165) is 22.8 Å². The van der Waals surface area contributed by atoms with E-state index in [1.807, 2.05) is 37.3 Å². The zero-order valence-corrected chi connectivity index (χ0v) is 18.3. The molecule has 0 unspecified atom stereocenters. The van der Waals surface area contributed by atoms with Gasteiger partial charge >= 0.3 is 0 Å². The summed E-state index contributed by atoms with van der Waals surface area (Å²) in [7, 11) is -1.84. The molecule has 0 spiro atoms. The van der Waals surface area contributed by atoms with Gasteiger partial charge in [0, 0.05) is 17.4 Å². The zero-order valence-electron chi connectivity index (χ0n) is 17.3. The van der Waals surface area contributed by atoms with Gasteiger partial charge in [-0.05, 0) is 69.2 Å². The van der Waals surface area contributed by atoms with E-state index in [1.165, 1.54) is 0 Å².